The van der Waals surface area contributed by atoms with E-state index in [1.54, 1.807) is 0 Å². The van der Waals surface area contributed by atoms with E-state index in [4.69, 9.17) is 18.9 Å². The van der Waals surface area contributed by atoms with Crippen molar-refractivity contribution < 1.29 is 48.3 Å². The summed E-state index contributed by atoms with van der Waals surface area (Å²) in [7, 11) is 0. The Bertz CT molecular complexity index is 1290. The van der Waals surface area contributed by atoms with Gasteiger partial charge in [0, 0.05) is 38.6 Å². The number of carbonyl (C=O) groups excluding carboxylic acids is 4. The minimum Gasteiger partial charge on any atom is -0.550 e. The molecule has 0 amide bonds. The van der Waals surface area contributed by atoms with Crippen molar-refractivity contribution in [3.63, 3.8) is 0 Å². The Hall–Kier alpha value is -2.19. The number of carboxylic acids is 2. The fourth-order valence-corrected chi connectivity index (χ4v) is 7.71. The Morgan fingerprint density at radius 3 is 0.892 bits per heavy atom. The van der Waals surface area contributed by atoms with Crippen molar-refractivity contribution in [2.75, 3.05) is 13.2 Å². The van der Waals surface area contributed by atoms with Gasteiger partial charge in [-0.1, -0.05) is 215 Å². The Morgan fingerprint density at radius 1 is 0.400 bits per heavy atom. The Morgan fingerprint density at radius 2 is 0.646 bits per heavy atom. The first-order chi connectivity index (χ1) is 31.2. The maximum atomic E-state index is 11.0. The molecule has 2 unspecified atom stereocenters. The van der Waals surface area contributed by atoms with Crippen molar-refractivity contribution in [1.82, 2.24) is 0 Å². The Labute approximate surface area is 434 Å². The van der Waals surface area contributed by atoms with Crippen LogP contribution in [0, 0.1) is 0 Å². The molecule has 0 fully saturated rings. The number of benzene rings is 2. The summed E-state index contributed by atoms with van der Waals surface area (Å²) in [6, 6.07) is 19.7. The second kappa shape index (κ2) is 46.9. The fraction of sp³-hybridized carbons (Fsp3) is 0.704. The molecule has 0 aliphatic rings. The van der Waals surface area contributed by atoms with E-state index < -0.39 is 11.9 Å². The predicted molar refractivity (Wildman–Crippen MR) is 258 cm³/mol. The van der Waals surface area contributed by atoms with Gasteiger partial charge in [0.2, 0.25) is 0 Å². The molecule has 0 saturated carbocycles. The van der Waals surface area contributed by atoms with Crippen LogP contribution in [-0.4, -0.2) is 98.2 Å². The number of unbranched alkanes of at least 4 members (excludes halogenated alkanes) is 24. The monoisotopic (exact) mass is 1030 g/mol. The van der Waals surface area contributed by atoms with E-state index in [1.165, 1.54) is 129 Å². The molecule has 0 aliphatic heterocycles. The largest absolute Gasteiger partial charge is 2.00 e. The predicted octanol–water partition coefficient (Wildman–Crippen LogP) is 11.1. The number of carboxylic acid groups (broad SMARTS) is 2. The molecule has 364 valence electrons. The van der Waals surface area contributed by atoms with Crippen LogP contribution < -0.4 is 10.2 Å². The van der Waals surface area contributed by atoms with Crippen LogP contribution in [0.15, 0.2) is 60.7 Å². The van der Waals surface area contributed by atoms with Gasteiger partial charge in [-0.2, -0.15) is 0 Å². The first kappa shape index (κ1) is 62.8. The van der Waals surface area contributed by atoms with Gasteiger partial charge < -0.3 is 38.7 Å². The molecule has 0 bridgehead atoms. The van der Waals surface area contributed by atoms with Crippen LogP contribution in [0.1, 0.15) is 218 Å². The van der Waals surface area contributed by atoms with Gasteiger partial charge in [0.25, 0.3) is 0 Å². The van der Waals surface area contributed by atoms with Gasteiger partial charge >= 0.3 is 60.8 Å². The third-order valence-corrected chi connectivity index (χ3v) is 11.4. The molecular weight excluding hydrogens is 946 g/mol. The number of ether oxygens (including phenoxy) is 4. The zero-order valence-electron chi connectivity index (χ0n) is 40.8. The van der Waals surface area contributed by atoms with Crippen LogP contribution in [0.4, 0.5) is 0 Å². The minimum atomic E-state index is -1.04. The van der Waals surface area contributed by atoms with Gasteiger partial charge in [-0.15, -0.1) is 0 Å². The molecule has 0 saturated heterocycles. The average Bonchev–Trinajstić information content (AvgIpc) is 3.27. The number of aliphatic carboxylic acids is 2. The minimum absolute atomic E-state index is 0. The third-order valence-electron chi connectivity index (χ3n) is 11.4. The summed E-state index contributed by atoms with van der Waals surface area (Å²) in [5.74, 6) is -2.44. The summed E-state index contributed by atoms with van der Waals surface area (Å²) in [5, 5.41) is 22.0. The van der Waals surface area contributed by atoms with E-state index in [0.717, 1.165) is 75.3 Å². The molecule has 10 nitrogen and oxygen atoms in total. The zero-order chi connectivity index (χ0) is 46.6. The number of esters is 2. The molecule has 0 radical (unpaired) electrons. The number of carbonyl (C=O) groups is 4. The Kier molecular flexibility index (Phi) is 45.3. The molecule has 0 N–H and O–H groups in total. The molecule has 2 aromatic rings. The quantitative estimate of drug-likeness (QED) is 0.0357. The van der Waals surface area contributed by atoms with Crippen LogP contribution in [0.25, 0.3) is 0 Å². The fourth-order valence-electron chi connectivity index (χ4n) is 7.71. The summed E-state index contributed by atoms with van der Waals surface area (Å²) in [6.07, 6.45) is 32.5. The molecule has 11 heteroatoms. The normalized spacial score (nSPS) is 11.7. The standard InChI is InChI=1S/2C27H44O5.Ba/c2*1-24(28)31-21-17-12-10-8-6-4-2-3-5-7-9-11-16-20-26(22-27(29)30)32-23-25-18-14-13-15-19-25;/h2*13-15,18-19,26H,2-12,16-17,20-23H2,1H3,(H,29,30);/q;;+2/p-2. The molecule has 65 heavy (non-hydrogen) atoms. The van der Waals surface area contributed by atoms with Crippen molar-refractivity contribution in [3.8, 4) is 0 Å². The molecule has 0 heterocycles. The number of rotatable bonds is 42. The zero-order valence-corrected chi connectivity index (χ0v) is 45.2. The molecule has 0 aliphatic carbocycles. The molecule has 0 aromatic heterocycles. The van der Waals surface area contributed by atoms with Gasteiger partial charge in [-0.3, -0.25) is 9.59 Å². The molecule has 2 atom stereocenters. The Balaban J connectivity index is 0.00000124. The summed E-state index contributed by atoms with van der Waals surface area (Å²) in [4.78, 5) is 43.3. The van der Waals surface area contributed by atoms with Crippen LogP contribution in [0.2, 0.25) is 0 Å². The van der Waals surface area contributed by atoms with Crippen LogP contribution in [-0.2, 0) is 51.3 Å². The first-order valence-corrected chi connectivity index (χ1v) is 25.1. The summed E-state index contributed by atoms with van der Waals surface area (Å²) < 4.78 is 21.5. The van der Waals surface area contributed by atoms with Crippen LogP contribution in [0.5, 0.6) is 0 Å². The van der Waals surface area contributed by atoms with Crippen molar-refractivity contribution in [2.24, 2.45) is 0 Å². The summed E-state index contributed by atoms with van der Waals surface area (Å²) in [5.41, 5.74) is 2.13. The van der Waals surface area contributed by atoms with Gasteiger partial charge in [0.1, 0.15) is 0 Å². The second-order valence-electron chi connectivity index (χ2n) is 17.4. The van der Waals surface area contributed by atoms with E-state index in [0.29, 0.717) is 26.4 Å². The second-order valence-corrected chi connectivity index (χ2v) is 17.4. The van der Waals surface area contributed by atoms with Crippen molar-refractivity contribution in [2.45, 2.75) is 232 Å². The first-order valence-electron chi connectivity index (χ1n) is 25.1. The maximum Gasteiger partial charge on any atom is 2.00 e. The third kappa shape index (κ3) is 45.4. The number of hydrogen-bond donors (Lipinski definition) is 0. The summed E-state index contributed by atoms with van der Waals surface area (Å²) in [6.45, 7) is 4.94. The molecule has 2 aromatic carbocycles. The average molecular weight is 1030 g/mol. The maximum absolute atomic E-state index is 11.0. The van der Waals surface area contributed by atoms with E-state index >= 15 is 0 Å². The SMILES string of the molecule is CC(=O)OCCCCCCCCCCCCCCCC(CC(=O)[O-])OCc1ccccc1.CC(=O)OCCCCCCCCCCCCCCCC(CC(=O)[O-])OCc1ccccc1.[Ba+2]. The summed E-state index contributed by atoms with van der Waals surface area (Å²) >= 11 is 0. The van der Waals surface area contributed by atoms with Crippen molar-refractivity contribution in [1.29, 1.82) is 0 Å². The molecule has 0 spiro atoms. The molecule has 2 rings (SSSR count). The molecular formula is C54H86BaO10. The van der Waals surface area contributed by atoms with E-state index in [9.17, 15) is 29.4 Å². The van der Waals surface area contributed by atoms with Gasteiger partial charge in [-0.05, 0) is 36.8 Å². The van der Waals surface area contributed by atoms with E-state index in [-0.39, 0.29) is 85.9 Å². The van der Waals surface area contributed by atoms with Crippen molar-refractivity contribution >= 4 is 72.8 Å². The van der Waals surface area contributed by atoms with E-state index in [2.05, 4.69) is 0 Å². The van der Waals surface area contributed by atoms with Crippen LogP contribution >= 0.6 is 0 Å². The topological polar surface area (TPSA) is 151 Å². The van der Waals surface area contributed by atoms with Gasteiger partial charge in [0.05, 0.1) is 38.6 Å². The number of hydrogen-bond acceptors (Lipinski definition) is 10. The van der Waals surface area contributed by atoms with Gasteiger partial charge in [-0.25, -0.2) is 0 Å². The van der Waals surface area contributed by atoms with Gasteiger partial charge in [0.15, 0.2) is 0 Å². The van der Waals surface area contributed by atoms with E-state index in [1.807, 2.05) is 60.7 Å². The van der Waals surface area contributed by atoms with Crippen molar-refractivity contribution in [3.05, 3.63) is 71.8 Å². The van der Waals surface area contributed by atoms with Crippen LogP contribution in [0.3, 0.4) is 0 Å². The smallest absolute Gasteiger partial charge is 0.550 e.